The summed E-state index contributed by atoms with van der Waals surface area (Å²) in [6.07, 6.45) is 0.692. The minimum atomic E-state index is -1.01. The van der Waals surface area contributed by atoms with Crippen LogP contribution < -0.4 is 10.1 Å². The van der Waals surface area contributed by atoms with Crippen LogP contribution in [0.15, 0.2) is 54.6 Å². The minimum Gasteiger partial charge on any atom is -0.482 e. The molecule has 0 radical (unpaired) electrons. The maximum atomic E-state index is 11.9. The smallest absolute Gasteiger partial charge is 0.341 e. The highest BCUT2D eigenvalue weighted by Crippen LogP contribution is 2.12. The lowest BCUT2D eigenvalue weighted by atomic mass is 10.1. The van der Waals surface area contributed by atoms with Gasteiger partial charge >= 0.3 is 5.97 Å². The molecular formula is C17H17NO4. The maximum absolute atomic E-state index is 11.9. The van der Waals surface area contributed by atoms with E-state index < -0.39 is 5.97 Å². The average Bonchev–Trinajstić information content (AvgIpc) is 2.55. The Morgan fingerprint density at radius 1 is 1.00 bits per heavy atom. The fourth-order valence-electron chi connectivity index (χ4n) is 1.91. The van der Waals surface area contributed by atoms with Crippen molar-refractivity contribution in [2.45, 2.75) is 6.42 Å². The molecule has 1 amide bonds. The Morgan fingerprint density at radius 3 is 2.32 bits per heavy atom. The predicted octanol–water partition coefficient (Wildman–Crippen LogP) is 2.12. The van der Waals surface area contributed by atoms with Gasteiger partial charge < -0.3 is 15.2 Å². The van der Waals surface area contributed by atoms with E-state index >= 15 is 0 Å². The Hall–Kier alpha value is -2.82. The number of ether oxygens (including phenoxy) is 1. The van der Waals surface area contributed by atoms with Gasteiger partial charge in [0.15, 0.2) is 6.61 Å². The summed E-state index contributed by atoms with van der Waals surface area (Å²) in [5.74, 6) is -0.589. The average molecular weight is 299 g/mol. The molecule has 0 saturated carbocycles. The van der Waals surface area contributed by atoms with Crippen LogP contribution in [-0.2, 0) is 11.2 Å². The molecule has 114 valence electrons. The van der Waals surface area contributed by atoms with E-state index in [0.29, 0.717) is 24.3 Å². The molecule has 5 heteroatoms. The monoisotopic (exact) mass is 299 g/mol. The van der Waals surface area contributed by atoms with E-state index in [9.17, 15) is 9.59 Å². The zero-order chi connectivity index (χ0) is 15.8. The van der Waals surface area contributed by atoms with Gasteiger partial charge in [-0.15, -0.1) is 0 Å². The Balaban J connectivity index is 1.77. The number of carboxylic acid groups (broad SMARTS) is 1. The number of benzene rings is 2. The number of carbonyl (C=O) groups excluding carboxylic acids is 1. The van der Waals surface area contributed by atoms with Crippen molar-refractivity contribution in [1.82, 2.24) is 5.32 Å². The first-order valence-corrected chi connectivity index (χ1v) is 6.92. The molecule has 2 aromatic carbocycles. The lowest BCUT2D eigenvalue weighted by molar-refractivity contribution is -0.139. The number of carbonyl (C=O) groups is 2. The molecule has 0 aliphatic carbocycles. The fraction of sp³-hybridized carbons (Fsp3) is 0.176. The lowest BCUT2D eigenvalue weighted by Crippen LogP contribution is -2.25. The van der Waals surface area contributed by atoms with Gasteiger partial charge in [-0.3, -0.25) is 4.79 Å². The maximum Gasteiger partial charge on any atom is 0.341 e. The van der Waals surface area contributed by atoms with E-state index in [1.54, 1.807) is 24.3 Å². The van der Waals surface area contributed by atoms with Crippen molar-refractivity contribution in [3.8, 4) is 5.75 Å². The van der Waals surface area contributed by atoms with Crippen LogP contribution >= 0.6 is 0 Å². The van der Waals surface area contributed by atoms with E-state index in [4.69, 9.17) is 9.84 Å². The van der Waals surface area contributed by atoms with Gasteiger partial charge in [-0.1, -0.05) is 30.3 Å². The largest absolute Gasteiger partial charge is 0.482 e. The Kier molecular flexibility index (Phi) is 5.54. The molecule has 0 spiro atoms. The molecule has 0 bridgehead atoms. The van der Waals surface area contributed by atoms with Crippen molar-refractivity contribution in [3.05, 3.63) is 65.7 Å². The topological polar surface area (TPSA) is 75.6 Å². The van der Waals surface area contributed by atoms with Crippen LogP contribution in [0.2, 0.25) is 0 Å². The van der Waals surface area contributed by atoms with Gasteiger partial charge in [0.2, 0.25) is 0 Å². The fourth-order valence-corrected chi connectivity index (χ4v) is 1.91. The van der Waals surface area contributed by atoms with Crippen molar-refractivity contribution < 1.29 is 19.4 Å². The van der Waals surface area contributed by atoms with Crippen molar-refractivity contribution in [2.75, 3.05) is 13.2 Å². The molecule has 0 aromatic heterocycles. The third-order valence-electron chi connectivity index (χ3n) is 3.02. The first-order valence-electron chi connectivity index (χ1n) is 6.92. The second-order valence-electron chi connectivity index (χ2n) is 4.70. The standard InChI is InChI=1S/C17H17NO4/c19-16(20)12-22-15-8-6-13(7-9-15)10-11-18-17(21)14-4-2-1-3-5-14/h1-9H,10-12H2,(H,18,21)(H,19,20). The molecule has 22 heavy (non-hydrogen) atoms. The number of hydrogen-bond donors (Lipinski definition) is 2. The van der Waals surface area contributed by atoms with E-state index in [-0.39, 0.29) is 12.5 Å². The number of aliphatic carboxylic acids is 1. The number of hydrogen-bond acceptors (Lipinski definition) is 3. The number of rotatable bonds is 7. The third kappa shape index (κ3) is 4.94. The zero-order valence-corrected chi connectivity index (χ0v) is 12.0. The van der Waals surface area contributed by atoms with Crippen molar-refractivity contribution in [3.63, 3.8) is 0 Å². The zero-order valence-electron chi connectivity index (χ0n) is 12.0. The Labute approximate surface area is 128 Å². The van der Waals surface area contributed by atoms with Gasteiger partial charge in [-0.05, 0) is 36.2 Å². The van der Waals surface area contributed by atoms with Crippen LogP contribution in [0.5, 0.6) is 5.75 Å². The van der Waals surface area contributed by atoms with Crippen LogP contribution in [-0.4, -0.2) is 30.1 Å². The number of nitrogens with one attached hydrogen (secondary N) is 1. The van der Waals surface area contributed by atoms with Gasteiger partial charge in [0, 0.05) is 12.1 Å². The molecule has 5 nitrogen and oxygen atoms in total. The second kappa shape index (κ2) is 7.83. The number of amides is 1. The Morgan fingerprint density at radius 2 is 1.68 bits per heavy atom. The summed E-state index contributed by atoms with van der Waals surface area (Å²) in [5, 5.41) is 11.4. The molecule has 0 atom stereocenters. The molecule has 0 fully saturated rings. The molecule has 2 rings (SSSR count). The first kappa shape index (κ1) is 15.6. The molecule has 0 unspecified atom stereocenters. The van der Waals surface area contributed by atoms with E-state index in [1.165, 1.54) is 0 Å². The van der Waals surface area contributed by atoms with Gasteiger partial charge in [-0.2, -0.15) is 0 Å². The molecule has 0 aliphatic heterocycles. The molecule has 0 saturated heterocycles. The molecule has 2 aromatic rings. The van der Waals surface area contributed by atoms with E-state index in [0.717, 1.165) is 5.56 Å². The van der Waals surface area contributed by atoms with Gasteiger partial charge in [0.25, 0.3) is 5.91 Å². The first-order chi connectivity index (χ1) is 10.6. The highest BCUT2D eigenvalue weighted by atomic mass is 16.5. The summed E-state index contributed by atoms with van der Waals surface area (Å²) < 4.78 is 5.05. The van der Waals surface area contributed by atoms with Crippen molar-refractivity contribution >= 4 is 11.9 Å². The van der Waals surface area contributed by atoms with Gasteiger partial charge in [-0.25, -0.2) is 4.79 Å². The van der Waals surface area contributed by atoms with Crippen LogP contribution in [0.1, 0.15) is 15.9 Å². The molecule has 0 aliphatic rings. The molecule has 0 heterocycles. The van der Waals surface area contributed by atoms with Gasteiger partial charge in [0.05, 0.1) is 0 Å². The minimum absolute atomic E-state index is 0.0954. The number of carboxylic acids is 1. The SMILES string of the molecule is O=C(O)COc1ccc(CCNC(=O)c2ccccc2)cc1. The van der Waals surface area contributed by atoms with Crippen LogP contribution in [0.3, 0.4) is 0 Å². The van der Waals surface area contributed by atoms with Crippen molar-refractivity contribution in [2.24, 2.45) is 0 Å². The predicted molar refractivity (Wildman–Crippen MR) is 82.1 cm³/mol. The van der Waals surface area contributed by atoms with Crippen LogP contribution in [0, 0.1) is 0 Å². The molecular weight excluding hydrogens is 282 g/mol. The van der Waals surface area contributed by atoms with E-state index in [1.807, 2.05) is 30.3 Å². The summed E-state index contributed by atoms with van der Waals surface area (Å²) in [4.78, 5) is 22.2. The quantitative estimate of drug-likeness (QED) is 0.821. The highest BCUT2D eigenvalue weighted by molar-refractivity contribution is 5.94. The summed E-state index contributed by atoms with van der Waals surface area (Å²) in [6.45, 7) is 0.176. The van der Waals surface area contributed by atoms with Gasteiger partial charge in [0.1, 0.15) is 5.75 Å². The normalized spacial score (nSPS) is 10.0. The summed E-state index contributed by atoms with van der Waals surface area (Å²) in [6, 6.07) is 16.2. The third-order valence-corrected chi connectivity index (χ3v) is 3.02. The van der Waals surface area contributed by atoms with Crippen LogP contribution in [0.4, 0.5) is 0 Å². The van der Waals surface area contributed by atoms with Crippen molar-refractivity contribution in [1.29, 1.82) is 0 Å². The summed E-state index contributed by atoms with van der Waals surface area (Å²) >= 11 is 0. The lowest BCUT2D eigenvalue weighted by Gasteiger charge is -2.07. The summed E-state index contributed by atoms with van der Waals surface area (Å²) in [7, 11) is 0. The van der Waals surface area contributed by atoms with Crippen LogP contribution in [0.25, 0.3) is 0 Å². The highest BCUT2D eigenvalue weighted by Gasteiger charge is 2.04. The molecule has 2 N–H and O–H groups in total. The second-order valence-corrected chi connectivity index (χ2v) is 4.70. The Bertz CT molecular complexity index is 623. The van der Waals surface area contributed by atoms with E-state index in [2.05, 4.69) is 5.32 Å². The summed E-state index contributed by atoms with van der Waals surface area (Å²) in [5.41, 5.74) is 1.68.